The van der Waals surface area contributed by atoms with Crippen LogP contribution >= 0.6 is 0 Å². The molecule has 0 saturated heterocycles. The van der Waals surface area contributed by atoms with Gasteiger partial charge in [0.1, 0.15) is 5.75 Å². The van der Waals surface area contributed by atoms with Crippen LogP contribution in [0, 0.1) is 0 Å². The van der Waals surface area contributed by atoms with Crippen LogP contribution in [0.3, 0.4) is 0 Å². The fourth-order valence-electron chi connectivity index (χ4n) is 3.26. The van der Waals surface area contributed by atoms with E-state index in [0.717, 1.165) is 5.56 Å². The Morgan fingerprint density at radius 2 is 1.86 bits per heavy atom. The average molecular weight is 390 g/mol. The van der Waals surface area contributed by atoms with E-state index in [1.807, 2.05) is 65.5 Å². The number of carbonyl (C=O) groups excluding carboxylic acids is 2. The minimum Gasteiger partial charge on any atom is -0.482 e. The fraction of sp³-hybridized carbons (Fsp3) is 0.227. The van der Waals surface area contributed by atoms with Crippen LogP contribution in [0.4, 0.5) is 5.69 Å². The molecule has 2 amide bonds. The minimum absolute atomic E-state index is 0.000762. The Labute approximate surface area is 168 Å². The highest BCUT2D eigenvalue weighted by Gasteiger charge is 2.25. The number of rotatable bonds is 7. The second-order valence-electron chi connectivity index (χ2n) is 6.86. The number of ether oxygens (including phenoxy) is 1. The van der Waals surface area contributed by atoms with Crippen molar-refractivity contribution in [1.29, 1.82) is 0 Å². The highest BCUT2D eigenvalue weighted by atomic mass is 16.5. The zero-order valence-corrected chi connectivity index (χ0v) is 16.0. The van der Waals surface area contributed by atoms with Gasteiger partial charge in [0.2, 0.25) is 5.91 Å². The smallest absolute Gasteiger partial charge is 0.265 e. The third-order valence-electron chi connectivity index (χ3n) is 4.73. The summed E-state index contributed by atoms with van der Waals surface area (Å²) in [5.74, 6) is 0.412. The van der Waals surface area contributed by atoms with Gasteiger partial charge in [0.05, 0.1) is 18.4 Å². The molecule has 1 aromatic heterocycles. The summed E-state index contributed by atoms with van der Waals surface area (Å²) in [4.78, 5) is 26.0. The molecule has 1 aliphatic heterocycles. The number of carbonyl (C=O) groups is 2. The van der Waals surface area contributed by atoms with E-state index in [4.69, 9.17) is 4.74 Å². The van der Waals surface area contributed by atoms with Crippen molar-refractivity contribution < 1.29 is 14.3 Å². The molecule has 0 radical (unpaired) electrons. The topological polar surface area (TPSA) is 76.5 Å². The second kappa shape index (κ2) is 8.60. The van der Waals surface area contributed by atoms with Crippen molar-refractivity contribution in [3.63, 3.8) is 0 Å². The maximum Gasteiger partial charge on any atom is 0.265 e. The third-order valence-corrected chi connectivity index (χ3v) is 4.73. The first-order chi connectivity index (χ1) is 14.2. The first-order valence-electron chi connectivity index (χ1n) is 9.53. The Bertz CT molecular complexity index is 1000. The molecule has 1 N–H and O–H groups in total. The van der Waals surface area contributed by atoms with E-state index in [-0.39, 0.29) is 24.8 Å². The van der Waals surface area contributed by atoms with Crippen molar-refractivity contribution in [2.45, 2.75) is 19.5 Å². The molecule has 7 heteroatoms. The number of amides is 2. The number of hydrogen-bond acceptors (Lipinski definition) is 4. The lowest BCUT2D eigenvalue weighted by atomic mass is 10.2. The zero-order chi connectivity index (χ0) is 20.1. The molecule has 7 nitrogen and oxygen atoms in total. The second-order valence-corrected chi connectivity index (χ2v) is 6.86. The van der Waals surface area contributed by atoms with Crippen LogP contribution < -0.4 is 15.0 Å². The van der Waals surface area contributed by atoms with Crippen LogP contribution in [-0.2, 0) is 22.7 Å². The number of hydrogen-bond donors (Lipinski definition) is 1. The van der Waals surface area contributed by atoms with Gasteiger partial charge in [0.15, 0.2) is 6.61 Å². The highest BCUT2D eigenvalue weighted by molar-refractivity contribution is 5.98. The summed E-state index contributed by atoms with van der Waals surface area (Å²) in [5.41, 5.74) is 2.81. The van der Waals surface area contributed by atoms with Crippen LogP contribution in [0.2, 0.25) is 0 Å². The number of nitrogens with zero attached hydrogens (tertiary/aromatic N) is 3. The molecule has 2 heterocycles. The number of anilines is 1. The van der Waals surface area contributed by atoms with Crippen molar-refractivity contribution >= 4 is 17.5 Å². The fourth-order valence-corrected chi connectivity index (χ4v) is 3.26. The van der Waals surface area contributed by atoms with Gasteiger partial charge in [-0.15, -0.1) is 0 Å². The minimum atomic E-state index is -0.140. The van der Waals surface area contributed by atoms with Crippen LogP contribution in [0.15, 0.2) is 67.0 Å². The van der Waals surface area contributed by atoms with Crippen molar-refractivity contribution in [2.75, 3.05) is 18.1 Å². The van der Waals surface area contributed by atoms with Crippen molar-refractivity contribution in [1.82, 2.24) is 15.1 Å². The quantitative estimate of drug-likeness (QED) is 0.672. The van der Waals surface area contributed by atoms with E-state index in [1.165, 1.54) is 5.56 Å². The highest BCUT2D eigenvalue weighted by Crippen LogP contribution is 2.31. The van der Waals surface area contributed by atoms with Gasteiger partial charge in [-0.05, 0) is 17.7 Å². The summed E-state index contributed by atoms with van der Waals surface area (Å²) in [6.07, 6.45) is 3.90. The Morgan fingerprint density at radius 1 is 1.07 bits per heavy atom. The van der Waals surface area contributed by atoms with Gasteiger partial charge in [-0.2, -0.15) is 5.10 Å². The number of nitrogens with one attached hydrogen (secondary N) is 1. The summed E-state index contributed by atoms with van der Waals surface area (Å²) >= 11 is 0. The molecule has 0 aliphatic carbocycles. The molecule has 0 bridgehead atoms. The van der Waals surface area contributed by atoms with E-state index in [9.17, 15) is 9.59 Å². The molecule has 2 aromatic carbocycles. The first-order valence-corrected chi connectivity index (χ1v) is 9.53. The lowest BCUT2D eigenvalue weighted by Gasteiger charge is -2.29. The van der Waals surface area contributed by atoms with E-state index in [2.05, 4.69) is 10.4 Å². The zero-order valence-electron chi connectivity index (χ0n) is 16.0. The molecule has 29 heavy (non-hydrogen) atoms. The molecule has 4 rings (SSSR count). The van der Waals surface area contributed by atoms with Gasteiger partial charge >= 0.3 is 0 Å². The molecule has 3 aromatic rings. The number of benzene rings is 2. The summed E-state index contributed by atoms with van der Waals surface area (Å²) < 4.78 is 7.27. The molecule has 0 spiro atoms. The molecular formula is C22H22N4O3. The molecule has 0 fully saturated rings. The van der Waals surface area contributed by atoms with Gasteiger partial charge in [-0.3, -0.25) is 14.3 Å². The standard InChI is InChI=1S/C22H22N4O3/c27-21(10-11-26-19-8-4-5-9-20(19)29-16-22(26)28)23-12-18-13-24-25(15-18)14-17-6-2-1-3-7-17/h1-9,13,15H,10-12,14,16H2,(H,23,27). The van der Waals surface area contributed by atoms with Crippen LogP contribution in [0.25, 0.3) is 0 Å². The molecule has 0 unspecified atom stereocenters. The number of aromatic nitrogens is 2. The predicted molar refractivity (Wildman–Crippen MR) is 109 cm³/mol. The van der Waals surface area contributed by atoms with Crippen LogP contribution in [-0.4, -0.2) is 34.7 Å². The third kappa shape index (κ3) is 4.63. The molecule has 148 valence electrons. The summed E-state index contributed by atoms with van der Waals surface area (Å²) in [5, 5.41) is 7.24. The summed E-state index contributed by atoms with van der Waals surface area (Å²) in [6, 6.07) is 17.4. The van der Waals surface area contributed by atoms with Gasteiger partial charge in [0, 0.05) is 31.3 Å². The molecule has 0 atom stereocenters. The van der Waals surface area contributed by atoms with E-state index < -0.39 is 0 Å². The lowest BCUT2D eigenvalue weighted by molar-refractivity contribution is -0.122. The molecular weight excluding hydrogens is 368 g/mol. The lowest BCUT2D eigenvalue weighted by Crippen LogP contribution is -2.41. The predicted octanol–water partition coefficient (Wildman–Crippen LogP) is 2.36. The monoisotopic (exact) mass is 390 g/mol. The van der Waals surface area contributed by atoms with Crippen molar-refractivity contribution in [3.8, 4) is 5.75 Å². The van der Waals surface area contributed by atoms with Gasteiger partial charge in [-0.1, -0.05) is 42.5 Å². The van der Waals surface area contributed by atoms with E-state index >= 15 is 0 Å². The van der Waals surface area contributed by atoms with E-state index in [0.29, 0.717) is 31.1 Å². The maximum absolute atomic E-state index is 12.3. The Kier molecular flexibility index (Phi) is 5.56. The number of para-hydroxylation sites is 2. The van der Waals surface area contributed by atoms with Crippen LogP contribution in [0.1, 0.15) is 17.5 Å². The first kappa shape index (κ1) is 18.7. The Morgan fingerprint density at radius 3 is 2.72 bits per heavy atom. The van der Waals surface area contributed by atoms with E-state index in [1.54, 1.807) is 11.1 Å². The molecule has 0 saturated carbocycles. The SMILES string of the molecule is O=C(CCN1C(=O)COc2ccccc21)NCc1cnn(Cc2ccccc2)c1. The average Bonchev–Trinajstić information content (AvgIpc) is 3.19. The van der Waals surface area contributed by atoms with Crippen molar-refractivity contribution in [2.24, 2.45) is 0 Å². The summed E-state index contributed by atoms with van der Waals surface area (Å²) in [6.45, 7) is 1.41. The van der Waals surface area contributed by atoms with Crippen LogP contribution in [0.5, 0.6) is 5.75 Å². The van der Waals surface area contributed by atoms with Gasteiger partial charge < -0.3 is 15.0 Å². The summed E-state index contributed by atoms with van der Waals surface area (Å²) in [7, 11) is 0. The number of fused-ring (bicyclic) bond motifs is 1. The normalized spacial score (nSPS) is 13.0. The largest absolute Gasteiger partial charge is 0.482 e. The molecule has 1 aliphatic rings. The maximum atomic E-state index is 12.3. The Balaban J connectivity index is 1.27. The van der Waals surface area contributed by atoms with Crippen molar-refractivity contribution in [3.05, 3.63) is 78.1 Å². The Hall–Kier alpha value is -3.61. The van der Waals surface area contributed by atoms with Gasteiger partial charge in [-0.25, -0.2) is 0 Å². The van der Waals surface area contributed by atoms with Gasteiger partial charge in [0.25, 0.3) is 5.91 Å².